The first kappa shape index (κ1) is 7.25. The molecule has 10 heavy (non-hydrogen) atoms. The summed E-state index contributed by atoms with van der Waals surface area (Å²) in [5.74, 6) is -0.474. The molecular weight excluding hydrogens is 132 g/mol. The van der Waals surface area contributed by atoms with Gasteiger partial charge in [-0.1, -0.05) is 0 Å². The van der Waals surface area contributed by atoms with E-state index in [9.17, 15) is 9.59 Å². The molecule has 2 unspecified atom stereocenters. The van der Waals surface area contributed by atoms with Gasteiger partial charge in [-0.25, -0.2) is 0 Å². The van der Waals surface area contributed by atoms with Gasteiger partial charge < -0.3 is 9.53 Å². The van der Waals surface area contributed by atoms with Crippen molar-refractivity contribution in [2.75, 3.05) is 7.11 Å². The zero-order valence-electron chi connectivity index (χ0n) is 5.87. The summed E-state index contributed by atoms with van der Waals surface area (Å²) in [6.07, 6.45) is 2.48. The van der Waals surface area contributed by atoms with Crippen molar-refractivity contribution in [2.24, 2.45) is 11.8 Å². The summed E-state index contributed by atoms with van der Waals surface area (Å²) in [5.41, 5.74) is 0. The smallest absolute Gasteiger partial charge is 0.309 e. The zero-order chi connectivity index (χ0) is 7.56. The summed E-state index contributed by atoms with van der Waals surface area (Å²) in [6.45, 7) is 0. The SMILES string of the molecule is COC(=O)C1CCC1C=O. The molecule has 3 heteroatoms. The van der Waals surface area contributed by atoms with Gasteiger partial charge in [0.25, 0.3) is 0 Å². The van der Waals surface area contributed by atoms with Crippen LogP contribution in [0, 0.1) is 11.8 Å². The molecule has 0 aliphatic heterocycles. The molecule has 0 N–H and O–H groups in total. The van der Waals surface area contributed by atoms with Gasteiger partial charge in [-0.05, 0) is 12.8 Å². The van der Waals surface area contributed by atoms with Gasteiger partial charge in [0.2, 0.25) is 0 Å². The van der Waals surface area contributed by atoms with Crippen LogP contribution in [0.4, 0.5) is 0 Å². The molecule has 0 aromatic carbocycles. The van der Waals surface area contributed by atoms with E-state index >= 15 is 0 Å². The third-order valence-corrected chi connectivity index (χ3v) is 2.01. The predicted octanol–water partition coefficient (Wildman–Crippen LogP) is 0.384. The highest BCUT2D eigenvalue weighted by Gasteiger charge is 2.36. The Bertz CT molecular complexity index is 153. The number of hydrogen-bond donors (Lipinski definition) is 0. The van der Waals surface area contributed by atoms with Crippen molar-refractivity contribution in [3.05, 3.63) is 0 Å². The van der Waals surface area contributed by atoms with Crippen molar-refractivity contribution >= 4 is 12.3 Å². The van der Waals surface area contributed by atoms with Crippen molar-refractivity contribution < 1.29 is 14.3 Å². The van der Waals surface area contributed by atoms with Gasteiger partial charge in [0.15, 0.2) is 0 Å². The predicted molar refractivity (Wildman–Crippen MR) is 34.3 cm³/mol. The number of aldehydes is 1. The second-order valence-corrected chi connectivity index (χ2v) is 2.51. The van der Waals surface area contributed by atoms with Gasteiger partial charge >= 0.3 is 5.97 Å². The fourth-order valence-electron chi connectivity index (χ4n) is 1.13. The van der Waals surface area contributed by atoms with Crippen LogP contribution in [0.2, 0.25) is 0 Å². The molecule has 1 saturated carbocycles. The summed E-state index contributed by atoms with van der Waals surface area (Å²) in [6, 6.07) is 0. The van der Waals surface area contributed by atoms with Crippen LogP contribution in [-0.2, 0) is 14.3 Å². The number of esters is 1. The van der Waals surface area contributed by atoms with Gasteiger partial charge in [0.1, 0.15) is 6.29 Å². The third-order valence-electron chi connectivity index (χ3n) is 2.01. The summed E-state index contributed by atoms with van der Waals surface area (Å²) in [7, 11) is 1.35. The number of ether oxygens (including phenoxy) is 1. The highest BCUT2D eigenvalue weighted by Crippen LogP contribution is 2.33. The van der Waals surface area contributed by atoms with Crippen LogP contribution in [0.1, 0.15) is 12.8 Å². The average Bonchev–Trinajstić information content (AvgIpc) is 1.86. The summed E-state index contributed by atoms with van der Waals surface area (Å²) in [5, 5.41) is 0. The minimum Gasteiger partial charge on any atom is -0.469 e. The lowest BCUT2D eigenvalue weighted by Crippen LogP contribution is -2.34. The summed E-state index contributed by atoms with van der Waals surface area (Å²) < 4.78 is 4.49. The van der Waals surface area contributed by atoms with Gasteiger partial charge in [0, 0.05) is 5.92 Å². The van der Waals surface area contributed by atoms with Gasteiger partial charge in [-0.2, -0.15) is 0 Å². The molecule has 1 rings (SSSR count). The maximum Gasteiger partial charge on any atom is 0.309 e. The average molecular weight is 142 g/mol. The minimum atomic E-state index is -0.247. The number of hydrogen-bond acceptors (Lipinski definition) is 3. The molecule has 0 aromatic heterocycles. The fourth-order valence-corrected chi connectivity index (χ4v) is 1.13. The first-order valence-corrected chi connectivity index (χ1v) is 3.32. The second kappa shape index (κ2) is 2.82. The minimum absolute atomic E-state index is 0.0764. The molecule has 0 bridgehead atoms. The Hall–Kier alpha value is -0.860. The molecule has 1 aliphatic carbocycles. The monoisotopic (exact) mass is 142 g/mol. The van der Waals surface area contributed by atoms with Gasteiger partial charge in [0.05, 0.1) is 13.0 Å². The maximum atomic E-state index is 10.8. The lowest BCUT2D eigenvalue weighted by atomic mass is 9.75. The van der Waals surface area contributed by atoms with E-state index in [4.69, 9.17) is 0 Å². The molecule has 0 heterocycles. The summed E-state index contributed by atoms with van der Waals surface area (Å²) in [4.78, 5) is 21.0. The quantitative estimate of drug-likeness (QED) is 0.413. The van der Waals surface area contributed by atoms with Gasteiger partial charge in [-0.3, -0.25) is 4.79 Å². The Morgan fingerprint density at radius 2 is 2.30 bits per heavy atom. The van der Waals surface area contributed by atoms with E-state index < -0.39 is 0 Å². The fraction of sp³-hybridized carbons (Fsp3) is 0.714. The van der Waals surface area contributed by atoms with E-state index in [1.54, 1.807) is 0 Å². The Labute approximate surface area is 59.4 Å². The van der Waals surface area contributed by atoms with Crippen molar-refractivity contribution in [2.45, 2.75) is 12.8 Å². The van der Waals surface area contributed by atoms with E-state index in [1.807, 2.05) is 0 Å². The maximum absolute atomic E-state index is 10.8. The third kappa shape index (κ3) is 1.03. The molecule has 0 radical (unpaired) electrons. The topological polar surface area (TPSA) is 43.4 Å². The Morgan fingerprint density at radius 1 is 1.60 bits per heavy atom. The lowest BCUT2D eigenvalue weighted by Gasteiger charge is -2.29. The Kier molecular flexibility index (Phi) is 2.04. The van der Waals surface area contributed by atoms with Gasteiger partial charge in [-0.15, -0.1) is 0 Å². The normalized spacial score (nSPS) is 30.5. The largest absolute Gasteiger partial charge is 0.469 e. The first-order valence-electron chi connectivity index (χ1n) is 3.32. The van der Waals surface area contributed by atoms with Crippen LogP contribution in [0.15, 0.2) is 0 Å². The molecule has 3 nitrogen and oxygen atoms in total. The van der Waals surface area contributed by atoms with E-state index in [0.29, 0.717) is 0 Å². The van der Waals surface area contributed by atoms with Crippen molar-refractivity contribution in [3.8, 4) is 0 Å². The molecule has 56 valence electrons. The Morgan fingerprint density at radius 3 is 2.60 bits per heavy atom. The molecule has 2 atom stereocenters. The van der Waals surface area contributed by atoms with Crippen molar-refractivity contribution in [1.29, 1.82) is 0 Å². The van der Waals surface area contributed by atoms with Crippen LogP contribution >= 0.6 is 0 Å². The highest BCUT2D eigenvalue weighted by molar-refractivity contribution is 5.78. The Balaban J connectivity index is 2.42. The van der Waals surface area contributed by atoms with E-state index in [0.717, 1.165) is 19.1 Å². The second-order valence-electron chi connectivity index (χ2n) is 2.51. The highest BCUT2D eigenvalue weighted by atomic mass is 16.5. The molecular formula is C7H10O3. The van der Waals surface area contributed by atoms with Crippen molar-refractivity contribution in [3.63, 3.8) is 0 Å². The van der Waals surface area contributed by atoms with Crippen molar-refractivity contribution in [1.82, 2.24) is 0 Å². The molecule has 0 saturated heterocycles. The molecule has 0 spiro atoms. The van der Waals surface area contributed by atoms with E-state index in [1.165, 1.54) is 7.11 Å². The van der Waals surface area contributed by atoms with Crippen LogP contribution in [0.5, 0.6) is 0 Å². The summed E-state index contributed by atoms with van der Waals surface area (Å²) >= 11 is 0. The zero-order valence-corrected chi connectivity index (χ0v) is 5.87. The van der Waals surface area contributed by atoms with E-state index in [2.05, 4.69) is 4.74 Å². The number of methoxy groups -OCH3 is 1. The van der Waals surface area contributed by atoms with E-state index in [-0.39, 0.29) is 17.8 Å². The number of carbonyl (C=O) groups is 2. The number of rotatable bonds is 2. The number of carbonyl (C=O) groups excluding carboxylic acids is 2. The molecule has 1 fully saturated rings. The lowest BCUT2D eigenvalue weighted by molar-refractivity contribution is -0.153. The molecule has 0 aromatic rings. The molecule has 0 amide bonds. The van der Waals surface area contributed by atoms with Crippen LogP contribution in [0.3, 0.4) is 0 Å². The molecule has 1 aliphatic rings. The standard InChI is InChI=1S/C7H10O3/c1-10-7(9)6-3-2-5(6)4-8/h4-6H,2-3H2,1H3. The first-order chi connectivity index (χ1) is 4.79. The van der Waals surface area contributed by atoms with Crippen LogP contribution in [0.25, 0.3) is 0 Å². The van der Waals surface area contributed by atoms with Crippen LogP contribution in [-0.4, -0.2) is 19.4 Å². The van der Waals surface area contributed by atoms with Crippen LogP contribution < -0.4 is 0 Å².